The number of rotatable bonds is 5. The van der Waals surface area contributed by atoms with Gasteiger partial charge in [-0.15, -0.1) is 0 Å². The first-order valence-corrected chi connectivity index (χ1v) is 8.77. The van der Waals surface area contributed by atoms with Crippen molar-refractivity contribution < 1.29 is 14.7 Å². The summed E-state index contributed by atoms with van der Waals surface area (Å²) in [6.07, 6.45) is 7.88. The number of carbonyl (C=O) groups excluding carboxylic acids is 1. The molecule has 1 amide bonds. The van der Waals surface area contributed by atoms with Crippen molar-refractivity contribution in [1.29, 1.82) is 0 Å². The summed E-state index contributed by atoms with van der Waals surface area (Å²) in [5.41, 5.74) is 2.07. The normalized spacial score (nSPS) is 14.8. The van der Waals surface area contributed by atoms with Gasteiger partial charge in [0.15, 0.2) is 0 Å². The summed E-state index contributed by atoms with van der Waals surface area (Å²) in [4.78, 5) is 23.6. The SMILES string of the molecule is O=C(O)Cn1ccc2cc(NC(=O)c3ccnn3C3CCCC3)ccc21. The molecule has 7 heteroatoms. The topological polar surface area (TPSA) is 89.2 Å². The second-order valence-corrected chi connectivity index (χ2v) is 6.66. The van der Waals surface area contributed by atoms with Crippen LogP contribution >= 0.6 is 0 Å². The number of carbonyl (C=O) groups is 2. The highest BCUT2D eigenvalue weighted by molar-refractivity contribution is 6.04. The van der Waals surface area contributed by atoms with Gasteiger partial charge in [0.25, 0.3) is 5.91 Å². The molecule has 3 aromatic rings. The molecule has 4 rings (SSSR count). The van der Waals surface area contributed by atoms with Crippen LogP contribution in [-0.4, -0.2) is 31.3 Å². The van der Waals surface area contributed by atoms with E-state index < -0.39 is 5.97 Å². The third-order valence-electron chi connectivity index (χ3n) is 4.91. The number of amides is 1. The monoisotopic (exact) mass is 352 g/mol. The molecule has 0 spiro atoms. The molecule has 7 nitrogen and oxygen atoms in total. The van der Waals surface area contributed by atoms with Gasteiger partial charge in [-0.3, -0.25) is 14.3 Å². The highest BCUT2D eigenvalue weighted by atomic mass is 16.4. The molecule has 2 heterocycles. The smallest absolute Gasteiger partial charge is 0.323 e. The highest BCUT2D eigenvalue weighted by Crippen LogP contribution is 2.30. The average molecular weight is 352 g/mol. The molecule has 1 aliphatic carbocycles. The predicted octanol–water partition coefficient (Wildman–Crippen LogP) is 3.29. The van der Waals surface area contributed by atoms with E-state index in [1.54, 1.807) is 29.1 Å². The maximum atomic E-state index is 12.7. The molecule has 2 N–H and O–H groups in total. The van der Waals surface area contributed by atoms with Gasteiger partial charge in [-0.05, 0) is 43.2 Å². The Bertz CT molecular complexity index is 966. The van der Waals surface area contributed by atoms with Gasteiger partial charge < -0.3 is 15.0 Å². The predicted molar refractivity (Wildman–Crippen MR) is 97.3 cm³/mol. The summed E-state index contributed by atoms with van der Waals surface area (Å²) in [7, 11) is 0. The van der Waals surface area contributed by atoms with E-state index in [0.717, 1.165) is 23.7 Å². The van der Waals surface area contributed by atoms with Crippen LogP contribution < -0.4 is 5.32 Å². The van der Waals surface area contributed by atoms with Crippen molar-refractivity contribution in [2.24, 2.45) is 0 Å². The second kappa shape index (κ2) is 6.67. The van der Waals surface area contributed by atoms with E-state index in [-0.39, 0.29) is 12.5 Å². The zero-order valence-electron chi connectivity index (χ0n) is 14.3. The maximum absolute atomic E-state index is 12.7. The summed E-state index contributed by atoms with van der Waals surface area (Å²) >= 11 is 0. The highest BCUT2D eigenvalue weighted by Gasteiger charge is 2.22. The van der Waals surface area contributed by atoms with Crippen LogP contribution in [0.15, 0.2) is 42.7 Å². The molecule has 2 aromatic heterocycles. The first-order valence-electron chi connectivity index (χ1n) is 8.77. The fourth-order valence-corrected chi connectivity index (χ4v) is 3.69. The van der Waals surface area contributed by atoms with E-state index in [4.69, 9.17) is 5.11 Å². The third kappa shape index (κ3) is 3.08. The number of hydrogen-bond donors (Lipinski definition) is 2. The van der Waals surface area contributed by atoms with Crippen LogP contribution in [0.5, 0.6) is 0 Å². The maximum Gasteiger partial charge on any atom is 0.323 e. The average Bonchev–Trinajstić information content (AvgIpc) is 3.34. The molecule has 0 bridgehead atoms. The van der Waals surface area contributed by atoms with Gasteiger partial charge in [-0.1, -0.05) is 12.8 Å². The molecule has 1 aliphatic rings. The van der Waals surface area contributed by atoms with Gasteiger partial charge in [0.1, 0.15) is 12.2 Å². The van der Waals surface area contributed by atoms with E-state index in [2.05, 4.69) is 10.4 Å². The fraction of sp³-hybridized carbons (Fsp3) is 0.316. The van der Waals surface area contributed by atoms with Crippen LogP contribution in [0.3, 0.4) is 0 Å². The number of aliphatic carboxylic acids is 1. The molecule has 134 valence electrons. The quantitative estimate of drug-likeness (QED) is 0.737. The van der Waals surface area contributed by atoms with Gasteiger partial charge in [-0.25, -0.2) is 0 Å². The number of fused-ring (bicyclic) bond motifs is 1. The second-order valence-electron chi connectivity index (χ2n) is 6.66. The van der Waals surface area contributed by atoms with Crippen LogP contribution in [0.1, 0.15) is 42.2 Å². The van der Waals surface area contributed by atoms with Gasteiger partial charge in [0.05, 0.1) is 6.04 Å². The Kier molecular flexibility index (Phi) is 4.20. The van der Waals surface area contributed by atoms with E-state index in [9.17, 15) is 9.59 Å². The number of nitrogens with zero attached hydrogens (tertiary/aromatic N) is 3. The molecular formula is C19H20N4O3. The third-order valence-corrected chi connectivity index (χ3v) is 4.91. The van der Waals surface area contributed by atoms with Crippen molar-refractivity contribution in [1.82, 2.24) is 14.3 Å². The lowest BCUT2D eigenvalue weighted by atomic mass is 10.2. The number of hydrogen-bond acceptors (Lipinski definition) is 3. The zero-order chi connectivity index (χ0) is 18.1. The molecule has 0 radical (unpaired) electrons. The van der Waals surface area contributed by atoms with Crippen LogP contribution in [0.4, 0.5) is 5.69 Å². The van der Waals surface area contributed by atoms with Gasteiger partial charge in [0, 0.05) is 29.0 Å². The van der Waals surface area contributed by atoms with Gasteiger partial charge in [-0.2, -0.15) is 5.10 Å². The standard InChI is InChI=1S/C19H20N4O3/c24-18(25)12-22-10-8-13-11-14(5-6-16(13)22)21-19(26)17-7-9-20-23(17)15-3-1-2-4-15/h5-11,15H,1-4,12H2,(H,21,26)(H,24,25). The summed E-state index contributed by atoms with van der Waals surface area (Å²) in [5.74, 6) is -1.07. The Morgan fingerprint density at radius 1 is 1.19 bits per heavy atom. The van der Waals surface area contributed by atoms with E-state index in [1.165, 1.54) is 12.8 Å². The minimum atomic E-state index is -0.889. The number of aromatic nitrogens is 3. The van der Waals surface area contributed by atoms with E-state index >= 15 is 0 Å². The van der Waals surface area contributed by atoms with Crippen molar-refractivity contribution in [3.05, 3.63) is 48.4 Å². The molecule has 0 aliphatic heterocycles. The van der Waals surface area contributed by atoms with Crippen LogP contribution in [0, 0.1) is 0 Å². The van der Waals surface area contributed by atoms with Gasteiger partial charge >= 0.3 is 5.97 Å². The Morgan fingerprint density at radius 2 is 2.00 bits per heavy atom. The van der Waals surface area contributed by atoms with Crippen molar-refractivity contribution >= 4 is 28.5 Å². The minimum Gasteiger partial charge on any atom is -0.480 e. The molecule has 26 heavy (non-hydrogen) atoms. The van der Waals surface area contributed by atoms with Gasteiger partial charge in [0.2, 0.25) is 0 Å². The summed E-state index contributed by atoms with van der Waals surface area (Å²) in [6.45, 7) is -0.0875. The molecule has 0 unspecified atom stereocenters. The number of carboxylic acids is 1. The Morgan fingerprint density at radius 3 is 2.77 bits per heavy atom. The molecular weight excluding hydrogens is 332 g/mol. The first-order chi connectivity index (χ1) is 12.6. The number of benzene rings is 1. The number of nitrogens with one attached hydrogen (secondary N) is 1. The molecule has 0 atom stereocenters. The molecule has 1 saturated carbocycles. The first kappa shape index (κ1) is 16.4. The molecule has 1 aromatic carbocycles. The van der Waals surface area contributed by atoms with E-state index in [1.807, 2.05) is 22.9 Å². The van der Waals surface area contributed by atoms with Crippen LogP contribution in [0.2, 0.25) is 0 Å². The summed E-state index contributed by atoms with van der Waals surface area (Å²) in [5, 5.41) is 17.1. The van der Waals surface area contributed by atoms with Crippen LogP contribution in [0.25, 0.3) is 10.9 Å². The lowest BCUT2D eigenvalue weighted by Gasteiger charge is -2.14. The Balaban J connectivity index is 1.55. The van der Waals surface area contributed by atoms with Crippen LogP contribution in [-0.2, 0) is 11.3 Å². The Labute approximate surface area is 150 Å². The Hall–Kier alpha value is -3.09. The fourth-order valence-electron chi connectivity index (χ4n) is 3.69. The van der Waals surface area contributed by atoms with Crippen molar-refractivity contribution in [3.8, 4) is 0 Å². The van der Waals surface area contributed by atoms with Crippen molar-refractivity contribution in [3.63, 3.8) is 0 Å². The molecule has 0 saturated heterocycles. The van der Waals surface area contributed by atoms with E-state index in [0.29, 0.717) is 17.4 Å². The largest absolute Gasteiger partial charge is 0.480 e. The number of carboxylic acid groups (broad SMARTS) is 1. The zero-order valence-corrected chi connectivity index (χ0v) is 14.3. The van der Waals surface area contributed by atoms with Crippen molar-refractivity contribution in [2.75, 3.05) is 5.32 Å². The summed E-state index contributed by atoms with van der Waals surface area (Å²) in [6, 6.07) is 9.35. The molecule has 1 fully saturated rings. The lowest BCUT2D eigenvalue weighted by Crippen LogP contribution is -2.20. The van der Waals surface area contributed by atoms with Crippen molar-refractivity contribution in [2.45, 2.75) is 38.3 Å². The summed E-state index contributed by atoms with van der Waals surface area (Å²) < 4.78 is 3.50. The minimum absolute atomic E-state index is 0.0875. The number of anilines is 1. The lowest BCUT2D eigenvalue weighted by molar-refractivity contribution is -0.137.